The van der Waals surface area contributed by atoms with Crippen molar-refractivity contribution in [3.05, 3.63) is 292 Å². The van der Waals surface area contributed by atoms with Crippen molar-refractivity contribution in [3.8, 4) is 44.5 Å². The van der Waals surface area contributed by atoms with E-state index >= 15 is 19.2 Å². The van der Waals surface area contributed by atoms with E-state index in [1.165, 1.54) is 89.0 Å². The van der Waals surface area contributed by atoms with Crippen molar-refractivity contribution in [2.75, 3.05) is 21.3 Å². The van der Waals surface area contributed by atoms with E-state index in [1.807, 2.05) is 36.4 Å². The summed E-state index contributed by atoms with van der Waals surface area (Å²) in [5.74, 6) is -2.42. The first-order valence-corrected chi connectivity index (χ1v) is 42.2. The lowest BCUT2D eigenvalue weighted by Crippen LogP contribution is -2.74. The van der Waals surface area contributed by atoms with Gasteiger partial charge in [-0.2, -0.15) is 0 Å². The number of aromatic nitrogens is 2. The van der Waals surface area contributed by atoms with Crippen LogP contribution < -0.4 is 32.0 Å². The van der Waals surface area contributed by atoms with Gasteiger partial charge in [0.2, 0.25) is 35.0 Å². The highest BCUT2D eigenvalue weighted by Crippen LogP contribution is 2.61. The Hall–Kier alpha value is -11.6. The number of carbonyl (C=O) groups excluding carboxylic acids is 4. The normalized spacial score (nSPS) is 22.0. The predicted octanol–water partition coefficient (Wildman–Crippen LogP) is 20.9. The molecule has 20 rings (SSSR count). The smallest absolute Gasteiger partial charge is 0.325 e. The van der Waals surface area contributed by atoms with E-state index in [0.717, 1.165) is 126 Å². The third-order valence-corrected chi connectivity index (χ3v) is 28.3. The zero-order valence-electron chi connectivity index (χ0n) is 71.3. The average Bonchev–Trinajstić information content (AvgIpc) is 1.49. The molecule has 117 heavy (non-hydrogen) atoms. The SMILES string of the molecule is Cc1cc(C)c(-c2cc(C3=C4C=CC5=[N+]4[C@]46N7C(=C(c8c(NC(=O)C9CC9(C)C)cccc8NC(=O)C8CC8(C)C)c8ccc3n84)C=C[C@@H]7C(c3cc(-c4c(C)cc(C)cc4C)cc(-c4c(C)cc(C)cc4C)c3)=c3ccc(n36)=C5c3c(NC(=O)C4CC4(C)C)cccc3NC(=O)C3CC3(C)C)cc(-c3c(C)cc(C)cc3C)c2)c(C)c1. The highest BCUT2D eigenvalue weighted by molar-refractivity contribution is 6.31. The summed E-state index contributed by atoms with van der Waals surface area (Å²) in [6, 6.07) is 53.8. The Labute approximate surface area is 687 Å². The van der Waals surface area contributed by atoms with Crippen LogP contribution in [0.2, 0.25) is 0 Å². The minimum absolute atomic E-state index is 0.0536. The summed E-state index contributed by atoms with van der Waals surface area (Å²) in [6.45, 7) is 44.0. The third-order valence-electron chi connectivity index (χ3n) is 28.3. The van der Waals surface area contributed by atoms with E-state index in [1.54, 1.807) is 0 Å². The minimum atomic E-state index is -1.35. The van der Waals surface area contributed by atoms with Crippen molar-refractivity contribution < 1.29 is 23.8 Å². The standard InChI is InChI=1S/C105H104N8O4/c1-53-35-57(5)87(58(6)36-53)65-43-66(88-59(7)37-54(2)38-60(88)8)46-69(45-65)91-79-27-31-83-95(93-75(106-97(114)71-49-101(71,13)14)23-21-24-76(93)107-98(115)72-50-102(72,15)16)85-33-29-81-92(70-47-67(89-61(9)39-55(3)40-62(89)10)44-68(48-70)90-63(11)41-56(4)42-64(90)12)82-30-34-86-96(84-32-28-80(91)111(84)105(110(79)83,112(81)85)113(82)86)94-77(108-99(116)73-51-103(73,17)18)25-22-26-78(94)109-100(117)74-52-104(74,19)20/h21-48,71-74,79H,49-52H2,1-20H3,(H3-,106,107,108,109,114,115,116,117)/p+1/t71?,72?,73?,74?,79-,105+/m1/s1. The second-order valence-corrected chi connectivity index (χ2v) is 39.1. The zero-order chi connectivity index (χ0) is 82.0. The number of aryl methyl sites for hydroxylation is 12. The average molecular weight is 1540 g/mol. The Morgan fingerprint density at radius 3 is 1.03 bits per heavy atom. The number of hydrogen-bond donors (Lipinski definition) is 4. The fourth-order valence-corrected chi connectivity index (χ4v) is 22.3. The monoisotopic (exact) mass is 1540 g/mol. The van der Waals surface area contributed by atoms with E-state index in [0.29, 0.717) is 28.3 Å². The van der Waals surface area contributed by atoms with Crippen LogP contribution in [0.15, 0.2) is 181 Å². The fourth-order valence-electron chi connectivity index (χ4n) is 22.3. The van der Waals surface area contributed by atoms with Crippen molar-refractivity contribution >= 4 is 74.4 Å². The van der Waals surface area contributed by atoms with E-state index in [-0.39, 0.29) is 69.0 Å². The molecule has 2 aromatic heterocycles. The van der Waals surface area contributed by atoms with Crippen LogP contribution in [0.5, 0.6) is 0 Å². The molecule has 4 fully saturated rings. The molecule has 6 aliphatic heterocycles. The third kappa shape index (κ3) is 11.2. The summed E-state index contributed by atoms with van der Waals surface area (Å²) in [5.41, 5.74) is 37.1. The second kappa shape index (κ2) is 25.2. The molecular weight excluding hydrogens is 1440 g/mol. The molecule has 588 valence electrons. The van der Waals surface area contributed by atoms with E-state index in [9.17, 15) is 0 Å². The molecule has 0 radical (unpaired) electrons. The number of hydrogen-bond acceptors (Lipinski definition) is 5. The first kappa shape index (κ1) is 74.2. The van der Waals surface area contributed by atoms with Gasteiger partial charge in [-0.25, -0.2) is 9.13 Å². The number of carbonyl (C=O) groups is 4. The van der Waals surface area contributed by atoms with Gasteiger partial charge >= 0.3 is 5.91 Å². The molecule has 4 amide bonds. The lowest BCUT2D eigenvalue weighted by molar-refractivity contribution is -0.638. The summed E-state index contributed by atoms with van der Waals surface area (Å²) in [7, 11) is 0. The fraction of sp³-hybridized carbons (Fsp3) is 0.324. The Morgan fingerprint density at radius 2 is 0.675 bits per heavy atom. The molecule has 10 aliphatic rings. The van der Waals surface area contributed by atoms with Crippen molar-refractivity contribution in [2.24, 2.45) is 45.3 Å². The molecule has 12 heteroatoms. The molecule has 0 saturated heterocycles. The number of amides is 4. The molecule has 8 aromatic carbocycles. The van der Waals surface area contributed by atoms with Gasteiger partial charge in [-0.05, 0) is 322 Å². The van der Waals surface area contributed by atoms with E-state index < -0.39 is 12.0 Å². The van der Waals surface area contributed by atoms with Crippen LogP contribution in [0.25, 0.3) is 66.8 Å². The molecule has 4 aliphatic carbocycles. The van der Waals surface area contributed by atoms with Gasteiger partial charge in [0.15, 0.2) is 0 Å². The first-order valence-electron chi connectivity index (χ1n) is 42.2. The number of anilines is 4. The topological polar surface area (TPSA) is 133 Å². The summed E-state index contributed by atoms with van der Waals surface area (Å²) in [4.78, 5) is 63.7. The minimum Gasteiger partial charge on any atom is -0.325 e. The van der Waals surface area contributed by atoms with Crippen LogP contribution >= 0.6 is 0 Å². The number of benzene rings is 8. The number of allylic oxidation sites excluding steroid dienone is 3. The Bertz CT molecular complexity index is 6260. The van der Waals surface area contributed by atoms with Crippen LogP contribution in [0.4, 0.5) is 22.7 Å². The number of nitrogens with zero attached hydrogens (tertiary/aromatic N) is 4. The van der Waals surface area contributed by atoms with Gasteiger partial charge in [0.25, 0.3) is 0 Å². The molecule has 4 saturated carbocycles. The zero-order valence-corrected chi connectivity index (χ0v) is 71.3. The maximum Gasteiger partial charge on any atom is 0.426 e. The molecule has 12 nitrogen and oxygen atoms in total. The summed E-state index contributed by atoms with van der Waals surface area (Å²) < 4.78 is 7.82. The quantitative estimate of drug-likeness (QED) is 0.0716. The molecular formula is C105H105N8O4+. The van der Waals surface area contributed by atoms with Crippen molar-refractivity contribution in [1.29, 1.82) is 0 Å². The highest BCUT2D eigenvalue weighted by Gasteiger charge is 2.70. The summed E-state index contributed by atoms with van der Waals surface area (Å²) in [5, 5.41) is 16.2. The maximum atomic E-state index is 15.3. The van der Waals surface area contributed by atoms with Gasteiger partial charge in [-0.15, -0.1) is 4.58 Å². The maximum absolute atomic E-state index is 15.3. The van der Waals surface area contributed by atoms with Crippen molar-refractivity contribution in [1.82, 2.24) is 14.0 Å². The molecule has 4 N–H and O–H groups in total. The molecule has 6 atom stereocenters. The lowest BCUT2D eigenvalue weighted by Gasteiger charge is -2.53. The molecule has 0 bridgehead atoms. The van der Waals surface area contributed by atoms with Crippen LogP contribution in [-0.2, 0) is 25.1 Å². The van der Waals surface area contributed by atoms with E-state index in [4.69, 9.17) is 0 Å². The predicted molar refractivity (Wildman–Crippen MR) is 474 cm³/mol. The van der Waals surface area contributed by atoms with Gasteiger partial charge in [-0.3, -0.25) is 24.1 Å². The van der Waals surface area contributed by atoms with Gasteiger partial charge in [0.05, 0.1) is 67.7 Å². The van der Waals surface area contributed by atoms with Gasteiger partial charge in [0, 0.05) is 58.1 Å². The Kier molecular flexibility index (Phi) is 16.0. The van der Waals surface area contributed by atoms with Crippen molar-refractivity contribution in [3.63, 3.8) is 0 Å². The van der Waals surface area contributed by atoms with Crippen LogP contribution in [0.1, 0.15) is 181 Å². The van der Waals surface area contributed by atoms with Gasteiger partial charge in [-0.1, -0.05) is 144 Å². The number of nitrogens with one attached hydrogen (secondary N) is 4. The molecule has 4 unspecified atom stereocenters. The van der Waals surface area contributed by atoms with Crippen LogP contribution in [0, 0.1) is 128 Å². The largest absolute Gasteiger partial charge is 0.426 e. The lowest BCUT2D eigenvalue weighted by atomic mass is 9.84. The molecule has 1 spiro atoms. The summed E-state index contributed by atoms with van der Waals surface area (Å²) >= 11 is 0. The van der Waals surface area contributed by atoms with Crippen LogP contribution in [-0.4, -0.2) is 54.0 Å². The van der Waals surface area contributed by atoms with Gasteiger partial charge < -0.3 is 21.3 Å². The van der Waals surface area contributed by atoms with Crippen molar-refractivity contribution in [2.45, 2.75) is 176 Å². The second-order valence-electron chi connectivity index (χ2n) is 39.1. The van der Waals surface area contributed by atoms with E-state index in [2.05, 4.69) is 312 Å². The number of rotatable bonds is 16. The Morgan fingerprint density at radius 1 is 0.350 bits per heavy atom. The summed E-state index contributed by atoms with van der Waals surface area (Å²) in [6.07, 6.45) is 12.4. The Balaban J connectivity index is 0.963. The highest BCUT2D eigenvalue weighted by atomic mass is 16.2. The first-order chi connectivity index (χ1) is 55.5. The molecule has 10 aromatic rings. The van der Waals surface area contributed by atoms with Gasteiger partial charge in [0.1, 0.15) is 0 Å². The van der Waals surface area contributed by atoms with Crippen LogP contribution in [0.3, 0.4) is 0 Å². The molecule has 8 heterocycles.